The van der Waals surface area contributed by atoms with Crippen LogP contribution in [0.5, 0.6) is 5.75 Å². The van der Waals surface area contributed by atoms with E-state index in [1.165, 1.54) is 24.3 Å². The summed E-state index contributed by atoms with van der Waals surface area (Å²) >= 11 is 0. The van der Waals surface area contributed by atoms with E-state index < -0.39 is 15.8 Å². The number of carbonyl (C=O) groups is 1. The first-order chi connectivity index (χ1) is 12.3. The van der Waals surface area contributed by atoms with Gasteiger partial charge in [-0.2, -0.15) is 0 Å². The van der Waals surface area contributed by atoms with E-state index in [2.05, 4.69) is 0 Å². The van der Waals surface area contributed by atoms with Crippen molar-refractivity contribution in [3.63, 3.8) is 0 Å². The van der Waals surface area contributed by atoms with Gasteiger partial charge in [0.1, 0.15) is 5.75 Å². The van der Waals surface area contributed by atoms with Crippen molar-refractivity contribution < 1.29 is 22.7 Å². The molecule has 0 aliphatic rings. The second-order valence-corrected chi connectivity index (χ2v) is 7.84. The van der Waals surface area contributed by atoms with E-state index in [9.17, 15) is 13.2 Å². The van der Waals surface area contributed by atoms with E-state index in [1.807, 2.05) is 6.92 Å². The number of nitrogens with two attached hydrogens (primary N) is 1. The van der Waals surface area contributed by atoms with E-state index in [0.29, 0.717) is 12.2 Å². The number of ether oxygens (including phenoxy) is 2. The molecule has 26 heavy (non-hydrogen) atoms. The Kier molecular flexibility index (Phi) is 6.76. The second-order valence-electron chi connectivity index (χ2n) is 5.89. The third kappa shape index (κ3) is 5.31. The van der Waals surface area contributed by atoms with Crippen molar-refractivity contribution in [3.8, 4) is 5.75 Å². The fourth-order valence-corrected chi connectivity index (χ4v) is 3.63. The molecule has 0 aromatic heterocycles. The highest BCUT2D eigenvalue weighted by molar-refractivity contribution is 7.91. The molecule has 0 aliphatic heterocycles. The van der Waals surface area contributed by atoms with Gasteiger partial charge in [-0.05, 0) is 62.2 Å². The van der Waals surface area contributed by atoms with Crippen molar-refractivity contribution in [2.24, 2.45) is 5.73 Å². The zero-order valence-electron chi connectivity index (χ0n) is 14.8. The molecule has 2 rings (SSSR count). The Morgan fingerprint density at radius 2 is 1.58 bits per heavy atom. The predicted molar refractivity (Wildman–Crippen MR) is 97.8 cm³/mol. The fourth-order valence-electron chi connectivity index (χ4n) is 2.37. The highest BCUT2D eigenvalue weighted by Gasteiger charge is 2.17. The van der Waals surface area contributed by atoms with E-state index in [1.54, 1.807) is 31.2 Å². The van der Waals surface area contributed by atoms with Crippen LogP contribution in [0, 0.1) is 0 Å². The van der Waals surface area contributed by atoms with Crippen molar-refractivity contribution in [2.75, 3.05) is 13.2 Å². The Morgan fingerprint density at radius 3 is 2.08 bits per heavy atom. The number of benzene rings is 2. The normalized spacial score (nSPS) is 12.4. The quantitative estimate of drug-likeness (QED) is 0.710. The molecule has 0 radical (unpaired) electrons. The second kappa shape index (κ2) is 8.82. The number of hydrogen-bond acceptors (Lipinski definition) is 6. The SMILES string of the molecule is CCOC(=O)COc1ccc(S(=O)(=O)c2ccc(CC(C)N)cc2)cc1. The smallest absolute Gasteiger partial charge is 0.344 e. The van der Waals surface area contributed by atoms with Crippen molar-refractivity contribution in [1.29, 1.82) is 0 Å². The monoisotopic (exact) mass is 377 g/mol. The first kappa shape index (κ1) is 19.9. The van der Waals surface area contributed by atoms with Gasteiger partial charge >= 0.3 is 5.97 Å². The molecule has 6 nitrogen and oxygen atoms in total. The van der Waals surface area contributed by atoms with Gasteiger partial charge in [0, 0.05) is 6.04 Å². The minimum Gasteiger partial charge on any atom is -0.482 e. The van der Waals surface area contributed by atoms with Gasteiger partial charge in [-0.25, -0.2) is 13.2 Å². The maximum Gasteiger partial charge on any atom is 0.344 e. The van der Waals surface area contributed by atoms with Crippen LogP contribution in [-0.2, 0) is 25.8 Å². The highest BCUT2D eigenvalue weighted by atomic mass is 32.2. The summed E-state index contributed by atoms with van der Waals surface area (Å²) in [6, 6.07) is 12.6. The third-order valence-corrected chi connectivity index (χ3v) is 5.37. The molecule has 0 spiro atoms. The molecule has 7 heteroatoms. The van der Waals surface area contributed by atoms with Crippen LogP contribution in [0.4, 0.5) is 0 Å². The van der Waals surface area contributed by atoms with Gasteiger partial charge in [-0.1, -0.05) is 12.1 Å². The Bertz CT molecular complexity index is 827. The van der Waals surface area contributed by atoms with Crippen LogP contribution in [0.1, 0.15) is 19.4 Å². The highest BCUT2D eigenvalue weighted by Crippen LogP contribution is 2.23. The summed E-state index contributed by atoms with van der Waals surface area (Å²) in [5.41, 5.74) is 6.74. The van der Waals surface area contributed by atoms with Gasteiger partial charge in [0.05, 0.1) is 16.4 Å². The van der Waals surface area contributed by atoms with Gasteiger partial charge in [-0.15, -0.1) is 0 Å². The molecule has 0 heterocycles. The number of sulfone groups is 1. The molecule has 0 fully saturated rings. The fraction of sp³-hybridized carbons (Fsp3) is 0.316. The third-order valence-electron chi connectivity index (χ3n) is 3.59. The molecular formula is C19H23NO5S. The van der Waals surface area contributed by atoms with Gasteiger partial charge in [0.25, 0.3) is 0 Å². The largest absolute Gasteiger partial charge is 0.482 e. The van der Waals surface area contributed by atoms with Crippen LogP contribution in [0.2, 0.25) is 0 Å². The van der Waals surface area contributed by atoms with Crippen LogP contribution < -0.4 is 10.5 Å². The summed E-state index contributed by atoms with van der Waals surface area (Å²) in [6.07, 6.45) is 0.687. The van der Waals surface area contributed by atoms with Crippen molar-refractivity contribution in [3.05, 3.63) is 54.1 Å². The summed E-state index contributed by atoms with van der Waals surface area (Å²) in [4.78, 5) is 11.6. The Labute approximate surface area is 153 Å². The van der Waals surface area contributed by atoms with Crippen LogP contribution in [-0.4, -0.2) is 33.6 Å². The van der Waals surface area contributed by atoms with E-state index in [0.717, 1.165) is 5.56 Å². The van der Waals surface area contributed by atoms with Gasteiger partial charge in [0.2, 0.25) is 9.84 Å². The van der Waals surface area contributed by atoms with E-state index in [4.69, 9.17) is 15.2 Å². The summed E-state index contributed by atoms with van der Waals surface area (Å²) in [6.45, 7) is 3.67. The Balaban J connectivity index is 2.10. The molecule has 2 aromatic rings. The van der Waals surface area contributed by atoms with Crippen LogP contribution in [0.3, 0.4) is 0 Å². The molecule has 2 N–H and O–H groups in total. The minimum absolute atomic E-state index is 0.0135. The first-order valence-electron chi connectivity index (χ1n) is 8.31. The molecule has 0 saturated heterocycles. The summed E-state index contributed by atoms with van der Waals surface area (Å²) in [5, 5.41) is 0. The zero-order chi connectivity index (χ0) is 19.2. The molecule has 0 aliphatic carbocycles. The standard InChI is InChI=1S/C19H23NO5S/c1-3-24-19(21)13-25-16-6-10-18(11-7-16)26(22,23)17-8-4-15(5-9-17)12-14(2)20/h4-11,14H,3,12-13,20H2,1-2H3. The first-order valence-corrected chi connectivity index (χ1v) is 9.79. The molecular weight excluding hydrogens is 354 g/mol. The maximum absolute atomic E-state index is 12.7. The molecule has 1 unspecified atom stereocenters. The van der Waals surface area contributed by atoms with Gasteiger partial charge in [0.15, 0.2) is 6.61 Å². The lowest BCUT2D eigenvalue weighted by molar-refractivity contribution is -0.145. The average molecular weight is 377 g/mol. The van der Waals surface area contributed by atoms with E-state index in [-0.39, 0.29) is 29.0 Å². The Morgan fingerprint density at radius 1 is 1.04 bits per heavy atom. The number of esters is 1. The topological polar surface area (TPSA) is 95.7 Å². The maximum atomic E-state index is 12.7. The van der Waals surface area contributed by atoms with Crippen LogP contribution in [0.25, 0.3) is 0 Å². The minimum atomic E-state index is -3.62. The molecule has 0 bridgehead atoms. The lowest BCUT2D eigenvalue weighted by Gasteiger charge is -2.09. The molecule has 1 atom stereocenters. The average Bonchev–Trinajstić information content (AvgIpc) is 2.60. The van der Waals surface area contributed by atoms with Crippen LogP contribution >= 0.6 is 0 Å². The van der Waals surface area contributed by atoms with Gasteiger partial charge in [-0.3, -0.25) is 0 Å². The molecule has 2 aromatic carbocycles. The van der Waals surface area contributed by atoms with Crippen molar-refractivity contribution >= 4 is 15.8 Å². The van der Waals surface area contributed by atoms with Gasteiger partial charge < -0.3 is 15.2 Å². The number of hydrogen-bond donors (Lipinski definition) is 1. The lowest BCUT2D eigenvalue weighted by Crippen LogP contribution is -2.17. The predicted octanol–water partition coefficient (Wildman–Crippen LogP) is 2.35. The van der Waals surface area contributed by atoms with Crippen molar-refractivity contribution in [1.82, 2.24) is 0 Å². The molecule has 140 valence electrons. The van der Waals surface area contributed by atoms with Crippen molar-refractivity contribution in [2.45, 2.75) is 36.1 Å². The zero-order valence-corrected chi connectivity index (χ0v) is 15.7. The molecule has 0 saturated carbocycles. The van der Waals surface area contributed by atoms with Crippen LogP contribution in [0.15, 0.2) is 58.3 Å². The summed E-state index contributed by atoms with van der Waals surface area (Å²) in [7, 11) is -3.62. The molecule has 0 amide bonds. The lowest BCUT2D eigenvalue weighted by atomic mass is 10.1. The summed E-state index contributed by atoms with van der Waals surface area (Å²) in [5.74, 6) is -0.0830. The number of rotatable bonds is 8. The summed E-state index contributed by atoms with van der Waals surface area (Å²) < 4.78 is 35.4. The van der Waals surface area contributed by atoms with E-state index >= 15 is 0 Å². The number of carbonyl (C=O) groups excluding carboxylic acids is 1. The Hall–Kier alpha value is -2.38.